The molecule has 0 radical (unpaired) electrons. The fourth-order valence-corrected chi connectivity index (χ4v) is 2.76. The average molecular weight is 275 g/mol. The first-order chi connectivity index (χ1) is 9.54. The fourth-order valence-electron chi connectivity index (χ4n) is 2.76. The van der Waals surface area contributed by atoms with Crippen molar-refractivity contribution < 1.29 is 0 Å². The quantitative estimate of drug-likeness (QED) is 0.836. The fraction of sp³-hybridized carbons (Fsp3) is 0.615. The second kappa shape index (κ2) is 4.99. The third-order valence-corrected chi connectivity index (χ3v) is 3.98. The smallest absolute Gasteiger partial charge is 0.163 e. The van der Waals surface area contributed by atoms with Crippen LogP contribution in [0.15, 0.2) is 6.20 Å². The van der Waals surface area contributed by atoms with E-state index in [4.69, 9.17) is 5.73 Å². The predicted molar refractivity (Wildman–Crippen MR) is 78.1 cm³/mol. The third-order valence-electron chi connectivity index (χ3n) is 3.98. The van der Waals surface area contributed by atoms with Gasteiger partial charge in [-0.2, -0.15) is 5.10 Å². The van der Waals surface area contributed by atoms with Gasteiger partial charge in [0.2, 0.25) is 0 Å². The van der Waals surface area contributed by atoms with E-state index in [-0.39, 0.29) is 0 Å². The SMILES string of the molecule is CC1CN(C)CCN1Cc1nc(N)c2cnn(C)c2n1. The van der Waals surface area contributed by atoms with Crippen LogP contribution >= 0.6 is 0 Å². The summed E-state index contributed by atoms with van der Waals surface area (Å²) < 4.78 is 1.74. The van der Waals surface area contributed by atoms with Crippen molar-refractivity contribution in [3.8, 4) is 0 Å². The molecule has 3 heterocycles. The molecule has 0 spiro atoms. The largest absolute Gasteiger partial charge is 0.383 e. The number of fused-ring (bicyclic) bond motifs is 1. The van der Waals surface area contributed by atoms with Crippen LogP contribution in [0.25, 0.3) is 11.0 Å². The van der Waals surface area contributed by atoms with Crippen molar-refractivity contribution in [2.45, 2.75) is 19.5 Å². The van der Waals surface area contributed by atoms with Crippen LogP contribution in [0, 0.1) is 0 Å². The van der Waals surface area contributed by atoms with Crippen LogP contribution in [0.5, 0.6) is 0 Å². The normalized spacial score (nSPS) is 21.6. The monoisotopic (exact) mass is 275 g/mol. The summed E-state index contributed by atoms with van der Waals surface area (Å²) in [5.41, 5.74) is 6.80. The van der Waals surface area contributed by atoms with Gasteiger partial charge in [0.05, 0.1) is 18.1 Å². The molecule has 0 saturated carbocycles. The lowest BCUT2D eigenvalue weighted by molar-refractivity contribution is 0.0916. The van der Waals surface area contributed by atoms with Crippen molar-refractivity contribution in [3.05, 3.63) is 12.0 Å². The molecule has 1 atom stereocenters. The first kappa shape index (κ1) is 13.3. The molecule has 0 amide bonds. The first-order valence-electron chi connectivity index (χ1n) is 6.91. The molecular weight excluding hydrogens is 254 g/mol. The summed E-state index contributed by atoms with van der Waals surface area (Å²) in [7, 11) is 4.03. The van der Waals surface area contributed by atoms with Gasteiger partial charge in [0.15, 0.2) is 5.65 Å². The van der Waals surface area contributed by atoms with E-state index in [9.17, 15) is 0 Å². The second-order valence-electron chi connectivity index (χ2n) is 5.61. The Hall–Kier alpha value is -1.73. The van der Waals surface area contributed by atoms with Gasteiger partial charge in [0, 0.05) is 32.7 Å². The summed E-state index contributed by atoms with van der Waals surface area (Å²) in [6.45, 7) is 6.16. The molecule has 0 aliphatic carbocycles. The highest BCUT2D eigenvalue weighted by Crippen LogP contribution is 2.18. The van der Waals surface area contributed by atoms with Gasteiger partial charge in [-0.15, -0.1) is 0 Å². The molecule has 0 aromatic carbocycles. The zero-order chi connectivity index (χ0) is 14.3. The molecule has 1 saturated heterocycles. The second-order valence-corrected chi connectivity index (χ2v) is 5.61. The van der Waals surface area contributed by atoms with Crippen molar-refractivity contribution in [2.24, 2.45) is 7.05 Å². The van der Waals surface area contributed by atoms with E-state index >= 15 is 0 Å². The lowest BCUT2D eigenvalue weighted by Gasteiger charge is -2.37. The minimum Gasteiger partial charge on any atom is -0.383 e. The Morgan fingerprint density at radius 2 is 2.10 bits per heavy atom. The van der Waals surface area contributed by atoms with Crippen LogP contribution in [0.3, 0.4) is 0 Å². The number of nitrogens with zero attached hydrogens (tertiary/aromatic N) is 6. The predicted octanol–water partition coefficient (Wildman–Crippen LogP) is 0.0814. The lowest BCUT2D eigenvalue weighted by Crippen LogP contribution is -2.50. The van der Waals surface area contributed by atoms with Crippen molar-refractivity contribution >= 4 is 16.9 Å². The van der Waals surface area contributed by atoms with Gasteiger partial charge >= 0.3 is 0 Å². The summed E-state index contributed by atoms with van der Waals surface area (Å²) >= 11 is 0. The Kier molecular flexibility index (Phi) is 3.31. The van der Waals surface area contributed by atoms with E-state index in [2.05, 4.69) is 38.8 Å². The molecule has 1 aliphatic heterocycles. The van der Waals surface area contributed by atoms with E-state index in [0.29, 0.717) is 11.9 Å². The van der Waals surface area contributed by atoms with Crippen molar-refractivity contribution in [2.75, 3.05) is 32.4 Å². The van der Waals surface area contributed by atoms with E-state index in [1.807, 2.05) is 7.05 Å². The summed E-state index contributed by atoms with van der Waals surface area (Å²) in [6, 6.07) is 0.501. The number of rotatable bonds is 2. The number of likely N-dealkylation sites (N-methyl/N-ethyl adjacent to an activating group) is 1. The molecule has 2 aromatic rings. The molecule has 3 rings (SSSR count). The van der Waals surface area contributed by atoms with Gasteiger partial charge in [-0.05, 0) is 14.0 Å². The molecule has 2 aromatic heterocycles. The molecule has 7 heteroatoms. The van der Waals surface area contributed by atoms with E-state index in [1.54, 1.807) is 10.9 Å². The molecule has 1 fully saturated rings. The van der Waals surface area contributed by atoms with Gasteiger partial charge in [-0.25, -0.2) is 9.97 Å². The molecule has 7 nitrogen and oxygen atoms in total. The van der Waals surface area contributed by atoms with Crippen molar-refractivity contribution in [1.82, 2.24) is 29.5 Å². The molecular formula is C13H21N7. The molecule has 108 valence electrons. The number of nitrogen functional groups attached to an aromatic ring is 1. The number of nitrogens with two attached hydrogens (primary N) is 1. The lowest BCUT2D eigenvalue weighted by atomic mass is 10.2. The highest BCUT2D eigenvalue weighted by molar-refractivity contribution is 5.84. The number of aryl methyl sites for hydroxylation is 1. The zero-order valence-corrected chi connectivity index (χ0v) is 12.2. The van der Waals surface area contributed by atoms with E-state index < -0.39 is 0 Å². The zero-order valence-electron chi connectivity index (χ0n) is 12.2. The number of hydrogen-bond acceptors (Lipinski definition) is 6. The summed E-state index contributed by atoms with van der Waals surface area (Å²) in [5.74, 6) is 1.29. The minimum absolute atomic E-state index is 0.501. The number of hydrogen-bond donors (Lipinski definition) is 1. The summed E-state index contributed by atoms with van der Waals surface area (Å²) in [4.78, 5) is 13.8. The average Bonchev–Trinajstić information content (AvgIpc) is 2.76. The maximum atomic E-state index is 6.00. The Bertz CT molecular complexity index is 620. The van der Waals surface area contributed by atoms with Crippen LogP contribution in [-0.4, -0.2) is 62.3 Å². The number of piperazine rings is 1. The Morgan fingerprint density at radius 3 is 2.85 bits per heavy atom. The summed E-state index contributed by atoms with van der Waals surface area (Å²) in [6.07, 6.45) is 1.72. The minimum atomic E-state index is 0.501. The highest BCUT2D eigenvalue weighted by atomic mass is 15.3. The molecule has 0 bridgehead atoms. The van der Waals surface area contributed by atoms with Crippen LogP contribution in [-0.2, 0) is 13.6 Å². The van der Waals surface area contributed by atoms with E-state index in [0.717, 1.165) is 43.0 Å². The van der Waals surface area contributed by atoms with Gasteiger partial charge in [0.25, 0.3) is 0 Å². The maximum Gasteiger partial charge on any atom is 0.163 e. The molecule has 20 heavy (non-hydrogen) atoms. The Labute approximate surface area is 118 Å². The van der Waals surface area contributed by atoms with Crippen LogP contribution < -0.4 is 5.73 Å². The Morgan fingerprint density at radius 1 is 1.30 bits per heavy atom. The van der Waals surface area contributed by atoms with Crippen LogP contribution in [0.2, 0.25) is 0 Å². The highest BCUT2D eigenvalue weighted by Gasteiger charge is 2.22. The van der Waals surface area contributed by atoms with Gasteiger partial charge in [-0.3, -0.25) is 9.58 Å². The van der Waals surface area contributed by atoms with Gasteiger partial charge in [-0.1, -0.05) is 0 Å². The molecule has 1 aliphatic rings. The summed E-state index contributed by atoms with van der Waals surface area (Å²) in [5, 5.41) is 5.01. The van der Waals surface area contributed by atoms with E-state index in [1.165, 1.54) is 0 Å². The molecule has 1 unspecified atom stereocenters. The number of anilines is 1. The standard InChI is InChI=1S/C13H21N7/c1-9-7-18(2)4-5-20(9)8-11-16-12(14)10-6-15-19(3)13(10)17-11/h6,9H,4-5,7-8H2,1-3H3,(H2,14,16,17). The van der Waals surface area contributed by atoms with Gasteiger partial charge in [0.1, 0.15) is 11.6 Å². The van der Waals surface area contributed by atoms with Gasteiger partial charge < -0.3 is 10.6 Å². The van der Waals surface area contributed by atoms with Crippen LogP contribution in [0.4, 0.5) is 5.82 Å². The first-order valence-corrected chi connectivity index (χ1v) is 6.91. The number of aromatic nitrogens is 4. The molecule has 2 N–H and O–H groups in total. The Balaban J connectivity index is 1.85. The third kappa shape index (κ3) is 2.34. The van der Waals surface area contributed by atoms with Crippen molar-refractivity contribution in [3.63, 3.8) is 0 Å². The van der Waals surface area contributed by atoms with Crippen molar-refractivity contribution in [1.29, 1.82) is 0 Å². The van der Waals surface area contributed by atoms with Crippen LogP contribution in [0.1, 0.15) is 12.7 Å². The topological polar surface area (TPSA) is 76.1 Å². The maximum absolute atomic E-state index is 6.00.